The molecule has 0 heterocycles. The van der Waals surface area contributed by atoms with Crippen LogP contribution in [0.5, 0.6) is 0 Å². The molecule has 0 radical (unpaired) electrons. The molecule has 0 bridgehead atoms. The minimum absolute atomic E-state index is 0.526. The lowest BCUT2D eigenvalue weighted by atomic mass is 10.2. The van der Waals surface area contributed by atoms with E-state index in [0.717, 1.165) is 0 Å². The van der Waals surface area contributed by atoms with E-state index in [9.17, 15) is 0 Å². The van der Waals surface area contributed by atoms with Gasteiger partial charge in [-0.3, -0.25) is 0 Å². The molecule has 0 spiro atoms. The van der Waals surface area contributed by atoms with E-state index in [1.165, 1.54) is 0 Å². The lowest BCUT2D eigenvalue weighted by Gasteiger charge is -1.87. The van der Waals surface area contributed by atoms with Crippen molar-refractivity contribution in [1.29, 1.82) is 0 Å². The van der Waals surface area contributed by atoms with Crippen LogP contribution in [0.15, 0.2) is 12.2 Å². The van der Waals surface area contributed by atoms with E-state index in [1.807, 2.05) is 12.2 Å². The van der Waals surface area contributed by atoms with Crippen molar-refractivity contribution in [3.63, 3.8) is 0 Å². The standard InChI is InChI=1S/C7H11N/c1-7(2)5-4-6-8-3/h4-5,7H,6H2,1-2H3/b5-4+. The Kier molecular flexibility index (Phi) is 3.97. The van der Waals surface area contributed by atoms with Crippen LogP contribution in [0.4, 0.5) is 0 Å². The molecular weight excluding hydrogens is 98.1 g/mol. The Bertz CT molecular complexity index is 106. The van der Waals surface area contributed by atoms with Crippen molar-refractivity contribution in [3.8, 4) is 0 Å². The molecule has 0 fully saturated rings. The lowest BCUT2D eigenvalue weighted by molar-refractivity contribution is 0.829. The van der Waals surface area contributed by atoms with Gasteiger partial charge in [0.1, 0.15) is 0 Å². The zero-order valence-electron chi connectivity index (χ0n) is 5.39. The molecule has 0 amide bonds. The first-order chi connectivity index (χ1) is 3.77. The summed E-state index contributed by atoms with van der Waals surface area (Å²) in [7, 11) is 0. The van der Waals surface area contributed by atoms with Crippen molar-refractivity contribution in [2.75, 3.05) is 6.54 Å². The second-order valence-electron chi connectivity index (χ2n) is 2.01. The highest BCUT2D eigenvalue weighted by molar-refractivity contribution is 4.89. The van der Waals surface area contributed by atoms with Gasteiger partial charge in [0.05, 0.1) is 0 Å². The normalized spacial score (nSPS) is 10.2. The highest BCUT2D eigenvalue weighted by Gasteiger charge is 1.81. The van der Waals surface area contributed by atoms with Crippen LogP contribution in [0, 0.1) is 12.5 Å². The summed E-state index contributed by atoms with van der Waals surface area (Å²) in [5.74, 6) is 0.580. The van der Waals surface area contributed by atoms with Gasteiger partial charge in [-0.1, -0.05) is 19.9 Å². The van der Waals surface area contributed by atoms with E-state index in [-0.39, 0.29) is 0 Å². The minimum Gasteiger partial charge on any atom is -0.312 e. The second kappa shape index (κ2) is 4.39. The monoisotopic (exact) mass is 109 g/mol. The Morgan fingerprint density at radius 1 is 1.62 bits per heavy atom. The number of hydrogen-bond acceptors (Lipinski definition) is 0. The molecule has 0 N–H and O–H groups in total. The maximum absolute atomic E-state index is 6.42. The van der Waals surface area contributed by atoms with Crippen LogP contribution in [0.3, 0.4) is 0 Å². The van der Waals surface area contributed by atoms with Gasteiger partial charge >= 0.3 is 0 Å². The first kappa shape index (κ1) is 7.23. The molecule has 1 heteroatoms. The van der Waals surface area contributed by atoms with Crippen molar-refractivity contribution in [3.05, 3.63) is 23.6 Å². The van der Waals surface area contributed by atoms with Crippen molar-refractivity contribution in [1.82, 2.24) is 0 Å². The van der Waals surface area contributed by atoms with E-state index in [2.05, 4.69) is 18.7 Å². The molecule has 0 saturated carbocycles. The molecule has 0 aliphatic carbocycles. The Hall–Kier alpha value is -0.770. The molecule has 0 aromatic rings. The molecule has 1 nitrogen and oxygen atoms in total. The maximum Gasteiger partial charge on any atom is 0.232 e. The van der Waals surface area contributed by atoms with Crippen LogP contribution in [0.2, 0.25) is 0 Å². The summed E-state index contributed by atoms with van der Waals surface area (Å²) in [5, 5.41) is 0. The highest BCUT2D eigenvalue weighted by atomic mass is 14.6. The summed E-state index contributed by atoms with van der Waals surface area (Å²) < 4.78 is 0. The van der Waals surface area contributed by atoms with Crippen LogP contribution in [-0.4, -0.2) is 6.54 Å². The van der Waals surface area contributed by atoms with Gasteiger partial charge in [0.15, 0.2) is 0 Å². The summed E-state index contributed by atoms with van der Waals surface area (Å²) in [5.41, 5.74) is 0. The van der Waals surface area contributed by atoms with Gasteiger partial charge < -0.3 is 4.85 Å². The minimum atomic E-state index is 0.526. The largest absolute Gasteiger partial charge is 0.312 e. The Morgan fingerprint density at radius 2 is 2.25 bits per heavy atom. The Balaban J connectivity index is 3.23. The molecule has 0 aliphatic heterocycles. The topological polar surface area (TPSA) is 4.36 Å². The molecule has 0 atom stereocenters. The van der Waals surface area contributed by atoms with Gasteiger partial charge in [0.2, 0.25) is 6.54 Å². The van der Waals surface area contributed by atoms with Gasteiger partial charge in [-0.25, -0.2) is 6.57 Å². The van der Waals surface area contributed by atoms with Crippen molar-refractivity contribution in [2.24, 2.45) is 5.92 Å². The third-order valence-corrected chi connectivity index (χ3v) is 0.718. The molecule has 0 saturated heterocycles. The number of nitrogens with zero attached hydrogens (tertiary/aromatic N) is 1. The maximum atomic E-state index is 6.42. The van der Waals surface area contributed by atoms with E-state index in [0.29, 0.717) is 12.5 Å². The van der Waals surface area contributed by atoms with E-state index in [4.69, 9.17) is 6.57 Å². The van der Waals surface area contributed by atoms with Gasteiger partial charge in [-0.05, 0) is 12.0 Å². The second-order valence-corrected chi connectivity index (χ2v) is 2.01. The van der Waals surface area contributed by atoms with Gasteiger partial charge in [-0.15, -0.1) is 0 Å². The summed E-state index contributed by atoms with van der Waals surface area (Å²) in [6, 6.07) is 0. The average molecular weight is 109 g/mol. The van der Waals surface area contributed by atoms with Crippen molar-refractivity contribution < 1.29 is 0 Å². The van der Waals surface area contributed by atoms with Crippen LogP contribution in [0.25, 0.3) is 4.85 Å². The summed E-state index contributed by atoms with van der Waals surface area (Å²) >= 11 is 0. The summed E-state index contributed by atoms with van der Waals surface area (Å²) in [4.78, 5) is 3.17. The fraction of sp³-hybridized carbons (Fsp3) is 0.571. The van der Waals surface area contributed by atoms with Crippen LogP contribution >= 0.6 is 0 Å². The van der Waals surface area contributed by atoms with Crippen LogP contribution < -0.4 is 0 Å². The average Bonchev–Trinajstić information content (AvgIpc) is 1.66. The molecule has 44 valence electrons. The Labute approximate surface area is 50.8 Å². The van der Waals surface area contributed by atoms with Crippen molar-refractivity contribution >= 4 is 0 Å². The van der Waals surface area contributed by atoms with E-state index >= 15 is 0 Å². The van der Waals surface area contributed by atoms with Gasteiger partial charge in [-0.2, -0.15) is 0 Å². The number of rotatable bonds is 2. The molecule has 0 rings (SSSR count). The predicted octanol–water partition coefficient (Wildman–Crippen LogP) is 2.12. The number of allylic oxidation sites excluding steroid dienone is 1. The van der Waals surface area contributed by atoms with Crippen LogP contribution in [-0.2, 0) is 0 Å². The molecule has 0 aliphatic rings. The van der Waals surface area contributed by atoms with E-state index < -0.39 is 0 Å². The SMILES string of the molecule is [C-]#[N+]C/C=C/C(C)C. The van der Waals surface area contributed by atoms with Crippen LogP contribution in [0.1, 0.15) is 13.8 Å². The lowest BCUT2D eigenvalue weighted by Crippen LogP contribution is -1.76. The van der Waals surface area contributed by atoms with Crippen molar-refractivity contribution in [2.45, 2.75) is 13.8 Å². The van der Waals surface area contributed by atoms with E-state index in [1.54, 1.807) is 0 Å². The third-order valence-electron chi connectivity index (χ3n) is 0.718. The smallest absolute Gasteiger partial charge is 0.232 e. The predicted molar refractivity (Wildman–Crippen MR) is 35.4 cm³/mol. The quantitative estimate of drug-likeness (QED) is 0.378. The van der Waals surface area contributed by atoms with Gasteiger partial charge in [0, 0.05) is 0 Å². The zero-order chi connectivity index (χ0) is 6.41. The molecule has 0 aromatic carbocycles. The fourth-order valence-corrected chi connectivity index (χ4v) is 0.386. The Morgan fingerprint density at radius 3 is 2.62 bits per heavy atom. The zero-order valence-corrected chi connectivity index (χ0v) is 5.39. The molecular formula is C7H11N. The summed E-state index contributed by atoms with van der Waals surface area (Å²) in [6.45, 7) is 11.1. The molecule has 0 unspecified atom stereocenters. The first-order valence-corrected chi connectivity index (χ1v) is 2.77. The third kappa shape index (κ3) is 5.23. The highest BCUT2D eigenvalue weighted by Crippen LogP contribution is 1.92. The number of hydrogen-bond donors (Lipinski definition) is 0. The molecule has 8 heavy (non-hydrogen) atoms. The first-order valence-electron chi connectivity index (χ1n) is 2.77. The van der Waals surface area contributed by atoms with Gasteiger partial charge in [0.25, 0.3) is 0 Å². The molecule has 0 aromatic heterocycles. The fourth-order valence-electron chi connectivity index (χ4n) is 0.386. The summed E-state index contributed by atoms with van der Waals surface area (Å²) in [6.07, 6.45) is 3.94.